The zero-order valence-corrected chi connectivity index (χ0v) is 20.4. The molecule has 1 aromatic heterocycles. The Bertz CT molecular complexity index is 1370. The number of anilines is 1. The van der Waals surface area contributed by atoms with Crippen LogP contribution in [0.15, 0.2) is 72.8 Å². The molecular formula is C25H20ClN3O3S2. The van der Waals surface area contributed by atoms with Gasteiger partial charge in [0.25, 0.3) is 11.8 Å². The van der Waals surface area contributed by atoms with E-state index in [1.165, 1.54) is 11.3 Å². The Morgan fingerprint density at radius 2 is 1.74 bits per heavy atom. The standard InChI is InChI=1S/C25H20ClN3O3S2/c1-32-16-11-12-18-20(13-16)34-22(21(18)26)24(31)29-25(33)28-19-10-6-5-9-17(19)23(30)27-14-15-7-3-2-4-8-15/h2-13H,14H2,1H3,(H,27,30)(H2,28,29,31,33). The highest BCUT2D eigenvalue weighted by atomic mass is 35.5. The van der Waals surface area contributed by atoms with Crippen molar-refractivity contribution in [2.45, 2.75) is 6.54 Å². The van der Waals surface area contributed by atoms with Gasteiger partial charge in [-0.3, -0.25) is 14.9 Å². The predicted octanol–water partition coefficient (Wildman–Crippen LogP) is 5.62. The lowest BCUT2D eigenvalue weighted by Crippen LogP contribution is -2.34. The highest BCUT2D eigenvalue weighted by Gasteiger charge is 2.19. The molecule has 9 heteroatoms. The van der Waals surface area contributed by atoms with Gasteiger partial charge in [0.05, 0.1) is 23.4 Å². The number of rotatable bonds is 6. The number of methoxy groups -OCH3 is 1. The molecule has 3 aromatic carbocycles. The summed E-state index contributed by atoms with van der Waals surface area (Å²) in [6, 6.07) is 22.0. The molecule has 0 bridgehead atoms. The molecule has 4 aromatic rings. The normalized spacial score (nSPS) is 10.5. The fourth-order valence-corrected chi connectivity index (χ4v) is 4.94. The number of halogens is 1. The SMILES string of the molecule is COc1ccc2c(Cl)c(C(=O)NC(=S)Nc3ccccc3C(=O)NCc3ccccc3)sc2c1. The minimum atomic E-state index is -0.436. The summed E-state index contributed by atoms with van der Waals surface area (Å²) in [6.45, 7) is 0.393. The van der Waals surface area contributed by atoms with E-state index in [1.807, 2.05) is 42.5 Å². The summed E-state index contributed by atoms with van der Waals surface area (Å²) in [5.41, 5.74) is 1.87. The Morgan fingerprint density at radius 1 is 1.00 bits per heavy atom. The summed E-state index contributed by atoms with van der Waals surface area (Å²) in [5.74, 6) is -0.0204. The molecule has 34 heavy (non-hydrogen) atoms. The van der Waals surface area contributed by atoms with Gasteiger partial charge in [0.1, 0.15) is 10.6 Å². The zero-order chi connectivity index (χ0) is 24.1. The second kappa shape index (κ2) is 10.6. The van der Waals surface area contributed by atoms with E-state index in [0.29, 0.717) is 33.4 Å². The molecule has 6 nitrogen and oxygen atoms in total. The summed E-state index contributed by atoms with van der Waals surface area (Å²) in [6.07, 6.45) is 0. The quantitative estimate of drug-likeness (QED) is 0.294. The average Bonchev–Trinajstić information content (AvgIpc) is 3.19. The van der Waals surface area contributed by atoms with Crippen molar-refractivity contribution in [3.63, 3.8) is 0 Å². The van der Waals surface area contributed by atoms with Crippen molar-refractivity contribution in [3.05, 3.63) is 93.8 Å². The predicted molar refractivity (Wildman–Crippen MR) is 141 cm³/mol. The van der Waals surface area contributed by atoms with Crippen molar-refractivity contribution in [1.29, 1.82) is 0 Å². The van der Waals surface area contributed by atoms with Crippen LogP contribution in [0.4, 0.5) is 5.69 Å². The van der Waals surface area contributed by atoms with Gasteiger partial charge in [-0.25, -0.2) is 0 Å². The highest BCUT2D eigenvalue weighted by molar-refractivity contribution is 7.80. The first-order valence-electron chi connectivity index (χ1n) is 10.3. The van der Waals surface area contributed by atoms with E-state index in [4.69, 9.17) is 28.6 Å². The highest BCUT2D eigenvalue weighted by Crippen LogP contribution is 2.37. The molecule has 0 aliphatic heterocycles. The number of benzene rings is 3. The molecule has 1 heterocycles. The fraction of sp³-hybridized carbons (Fsp3) is 0.0800. The summed E-state index contributed by atoms with van der Waals surface area (Å²) in [5, 5.41) is 9.64. The first-order chi connectivity index (χ1) is 16.5. The molecule has 0 radical (unpaired) electrons. The van der Waals surface area contributed by atoms with Gasteiger partial charge in [0.2, 0.25) is 0 Å². The topological polar surface area (TPSA) is 79.5 Å². The zero-order valence-electron chi connectivity index (χ0n) is 18.1. The summed E-state index contributed by atoms with van der Waals surface area (Å²) >= 11 is 13.0. The first kappa shape index (κ1) is 23.7. The van der Waals surface area contributed by atoms with Crippen LogP contribution < -0.4 is 20.7 Å². The minimum absolute atomic E-state index is 0.0550. The number of hydrogen-bond donors (Lipinski definition) is 3. The number of amides is 2. The van der Waals surface area contributed by atoms with Crippen molar-refractivity contribution in [3.8, 4) is 5.75 Å². The van der Waals surface area contributed by atoms with Crippen LogP contribution in [0.3, 0.4) is 0 Å². The van der Waals surface area contributed by atoms with Crippen LogP contribution in [0.5, 0.6) is 5.75 Å². The maximum atomic E-state index is 12.8. The number of hydrogen-bond acceptors (Lipinski definition) is 5. The number of ether oxygens (including phenoxy) is 1. The second-order valence-electron chi connectivity index (χ2n) is 7.23. The van der Waals surface area contributed by atoms with Crippen molar-refractivity contribution in [2.75, 3.05) is 12.4 Å². The van der Waals surface area contributed by atoms with Crippen LogP contribution in [-0.2, 0) is 6.54 Å². The van der Waals surface area contributed by atoms with Crippen LogP contribution in [0, 0.1) is 0 Å². The molecule has 4 rings (SSSR count). The van der Waals surface area contributed by atoms with E-state index in [0.717, 1.165) is 15.6 Å². The molecular weight excluding hydrogens is 490 g/mol. The second-order valence-corrected chi connectivity index (χ2v) is 9.07. The lowest BCUT2D eigenvalue weighted by molar-refractivity contribution is 0.0950. The number of thiocarbonyl (C=S) groups is 1. The third kappa shape index (κ3) is 5.36. The van der Waals surface area contributed by atoms with Gasteiger partial charge in [0.15, 0.2) is 5.11 Å². The number of fused-ring (bicyclic) bond motifs is 1. The third-order valence-electron chi connectivity index (χ3n) is 4.99. The van der Waals surface area contributed by atoms with E-state index in [2.05, 4.69) is 16.0 Å². The summed E-state index contributed by atoms with van der Waals surface area (Å²) in [7, 11) is 1.58. The van der Waals surface area contributed by atoms with Crippen LogP contribution in [-0.4, -0.2) is 24.0 Å². The Hall–Kier alpha value is -3.46. The molecule has 0 unspecified atom stereocenters. The molecule has 0 spiro atoms. The molecule has 0 aliphatic rings. The fourth-order valence-electron chi connectivity index (χ4n) is 3.30. The lowest BCUT2D eigenvalue weighted by atomic mass is 10.1. The van der Waals surface area contributed by atoms with E-state index in [9.17, 15) is 9.59 Å². The third-order valence-corrected chi connectivity index (χ3v) is 6.85. The molecule has 2 amide bonds. The molecule has 0 saturated carbocycles. The lowest BCUT2D eigenvalue weighted by Gasteiger charge is -2.13. The van der Waals surface area contributed by atoms with Crippen molar-refractivity contribution in [2.24, 2.45) is 0 Å². The average molecular weight is 510 g/mol. The van der Waals surface area contributed by atoms with Gasteiger partial charge in [-0.05, 0) is 48.1 Å². The van der Waals surface area contributed by atoms with Crippen LogP contribution in [0.1, 0.15) is 25.6 Å². The van der Waals surface area contributed by atoms with Crippen molar-refractivity contribution in [1.82, 2.24) is 10.6 Å². The van der Waals surface area contributed by atoms with Crippen LogP contribution in [0.25, 0.3) is 10.1 Å². The van der Waals surface area contributed by atoms with Gasteiger partial charge in [-0.15, -0.1) is 11.3 Å². The van der Waals surface area contributed by atoms with E-state index >= 15 is 0 Å². The number of carbonyl (C=O) groups excluding carboxylic acids is 2. The van der Waals surface area contributed by atoms with E-state index < -0.39 is 5.91 Å². The monoisotopic (exact) mass is 509 g/mol. The van der Waals surface area contributed by atoms with Gasteiger partial charge in [-0.1, -0.05) is 54.1 Å². The Morgan fingerprint density at radius 3 is 2.50 bits per heavy atom. The van der Waals surface area contributed by atoms with Crippen LogP contribution in [0.2, 0.25) is 5.02 Å². The number of thiophene rings is 1. The van der Waals surface area contributed by atoms with E-state index in [-0.39, 0.29) is 11.0 Å². The molecule has 172 valence electrons. The van der Waals surface area contributed by atoms with Crippen molar-refractivity contribution >= 4 is 67.9 Å². The molecule has 0 aliphatic carbocycles. The largest absolute Gasteiger partial charge is 0.497 e. The molecule has 0 saturated heterocycles. The van der Waals surface area contributed by atoms with Crippen LogP contribution >= 0.6 is 35.2 Å². The van der Waals surface area contributed by atoms with Gasteiger partial charge in [0, 0.05) is 16.6 Å². The maximum absolute atomic E-state index is 12.8. The Kier molecular flexibility index (Phi) is 7.42. The summed E-state index contributed by atoms with van der Waals surface area (Å²) in [4.78, 5) is 25.9. The van der Waals surface area contributed by atoms with Crippen molar-refractivity contribution < 1.29 is 14.3 Å². The minimum Gasteiger partial charge on any atom is -0.497 e. The number of nitrogens with one attached hydrogen (secondary N) is 3. The molecule has 3 N–H and O–H groups in total. The van der Waals surface area contributed by atoms with Gasteiger partial charge < -0.3 is 15.4 Å². The smallest absolute Gasteiger partial charge is 0.269 e. The number of para-hydroxylation sites is 1. The first-order valence-corrected chi connectivity index (χ1v) is 11.9. The molecule has 0 atom stereocenters. The Labute approximate surface area is 210 Å². The number of carbonyl (C=O) groups is 2. The van der Waals surface area contributed by atoms with Gasteiger partial charge in [-0.2, -0.15) is 0 Å². The summed E-state index contributed by atoms with van der Waals surface area (Å²) < 4.78 is 6.06. The Balaban J connectivity index is 1.44. The van der Waals surface area contributed by atoms with Gasteiger partial charge >= 0.3 is 0 Å². The molecule has 0 fully saturated rings. The maximum Gasteiger partial charge on any atom is 0.269 e. The van der Waals surface area contributed by atoms with E-state index in [1.54, 1.807) is 37.4 Å².